The van der Waals surface area contributed by atoms with Gasteiger partial charge in [-0.3, -0.25) is 4.90 Å². The molecule has 0 aromatic carbocycles. The van der Waals surface area contributed by atoms with E-state index in [4.69, 9.17) is 5.73 Å². The molecule has 5 unspecified atom stereocenters. The lowest BCUT2D eigenvalue weighted by atomic mass is 9.65. The Morgan fingerprint density at radius 1 is 1.29 bits per heavy atom. The van der Waals surface area contributed by atoms with Gasteiger partial charge >= 0.3 is 0 Å². The molecule has 21 heavy (non-hydrogen) atoms. The van der Waals surface area contributed by atoms with E-state index in [1.165, 1.54) is 25.7 Å². The first-order chi connectivity index (χ1) is 9.89. The summed E-state index contributed by atoms with van der Waals surface area (Å²) in [6.45, 7) is 12.2. The fourth-order valence-corrected chi connectivity index (χ4v) is 4.44. The summed E-state index contributed by atoms with van der Waals surface area (Å²) in [5, 5.41) is 9.86. The van der Waals surface area contributed by atoms with Crippen LogP contribution in [0.2, 0.25) is 0 Å². The lowest BCUT2D eigenvalue weighted by Crippen LogP contribution is -2.48. The van der Waals surface area contributed by atoms with Gasteiger partial charge in [-0.25, -0.2) is 0 Å². The monoisotopic (exact) mass is 296 g/mol. The molecule has 0 bridgehead atoms. The molecule has 1 aliphatic heterocycles. The molecule has 3 N–H and O–H groups in total. The van der Waals surface area contributed by atoms with Gasteiger partial charge in [0.25, 0.3) is 0 Å². The molecule has 0 spiro atoms. The highest BCUT2D eigenvalue weighted by atomic mass is 16.3. The number of likely N-dealkylation sites (tertiary alicyclic amines) is 1. The molecule has 1 heterocycles. The SMILES string of the molecule is CCC(C)(C)C1CCC(CN)C(N2CCC(C(C)O)C2)C1. The maximum atomic E-state index is 9.86. The molecule has 2 aliphatic rings. The number of nitrogens with two attached hydrogens (primary N) is 1. The third-order valence-electron chi connectivity index (χ3n) is 6.68. The van der Waals surface area contributed by atoms with E-state index >= 15 is 0 Å². The molecule has 3 heteroatoms. The first kappa shape index (κ1) is 17.2. The molecular weight excluding hydrogens is 260 g/mol. The fraction of sp³-hybridized carbons (Fsp3) is 1.00. The Kier molecular flexibility index (Phi) is 5.72. The molecule has 2 fully saturated rings. The Labute approximate surface area is 131 Å². The predicted octanol–water partition coefficient (Wildman–Crippen LogP) is 2.87. The first-order valence-corrected chi connectivity index (χ1v) is 9.01. The van der Waals surface area contributed by atoms with Crippen molar-refractivity contribution in [3.8, 4) is 0 Å². The summed E-state index contributed by atoms with van der Waals surface area (Å²) in [4.78, 5) is 2.65. The predicted molar refractivity (Wildman–Crippen MR) is 89.1 cm³/mol. The summed E-state index contributed by atoms with van der Waals surface area (Å²) in [5.41, 5.74) is 6.51. The van der Waals surface area contributed by atoms with Crippen LogP contribution in [0.3, 0.4) is 0 Å². The van der Waals surface area contributed by atoms with Crippen LogP contribution in [0.15, 0.2) is 0 Å². The second-order valence-electron chi connectivity index (χ2n) is 8.20. The topological polar surface area (TPSA) is 49.5 Å². The molecule has 0 aromatic heterocycles. The first-order valence-electron chi connectivity index (χ1n) is 9.01. The van der Waals surface area contributed by atoms with Gasteiger partial charge in [-0.2, -0.15) is 0 Å². The minimum Gasteiger partial charge on any atom is -0.393 e. The van der Waals surface area contributed by atoms with Crippen molar-refractivity contribution >= 4 is 0 Å². The van der Waals surface area contributed by atoms with E-state index in [9.17, 15) is 5.11 Å². The largest absolute Gasteiger partial charge is 0.393 e. The molecule has 124 valence electrons. The van der Waals surface area contributed by atoms with Crippen LogP contribution in [0.5, 0.6) is 0 Å². The number of hydrogen-bond acceptors (Lipinski definition) is 3. The second kappa shape index (κ2) is 6.97. The van der Waals surface area contributed by atoms with Gasteiger partial charge in [0.2, 0.25) is 0 Å². The molecular formula is C18H36N2O. The zero-order valence-corrected chi connectivity index (χ0v) is 14.5. The second-order valence-corrected chi connectivity index (χ2v) is 8.20. The summed E-state index contributed by atoms with van der Waals surface area (Å²) in [5.74, 6) is 1.94. The van der Waals surface area contributed by atoms with Crippen molar-refractivity contribution in [3.05, 3.63) is 0 Å². The highest BCUT2D eigenvalue weighted by Crippen LogP contribution is 2.44. The number of nitrogens with zero attached hydrogens (tertiary/aromatic N) is 1. The maximum Gasteiger partial charge on any atom is 0.0552 e. The summed E-state index contributed by atoms with van der Waals surface area (Å²) >= 11 is 0. The van der Waals surface area contributed by atoms with Crippen LogP contribution < -0.4 is 5.73 Å². The van der Waals surface area contributed by atoms with Crippen molar-refractivity contribution in [2.75, 3.05) is 19.6 Å². The van der Waals surface area contributed by atoms with Gasteiger partial charge in [0, 0.05) is 12.6 Å². The van der Waals surface area contributed by atoms with E-state index in [1.54, 1.807) is 0 Å². The van der Waals surface area contributed by atoms with E-state index in [0.29, 0.717) is 23.3 Å². The average Bonchev–Trinajstić information content (AvgIpc) is 2.96. The van der Waals surface area contributed by atoms with Crippen LogP contribution in [-0.4, -0.2) is 41.8 Å². The molecule has 2 rings (SSSR count). The third-order valence-corrected chi connectivity index (χ3v) is 6.68. The Balaban J connectivity index is 2.04. The van der Waals surface area contributed by atoms with E-state index in [2.05, 4.69) is 25.7 Å². The van der Waals surface area contributed by atoms with Gasteiger partial charge in [0.15, 0.2) is 0 Å². The standard InChI is InChI=1S/C18H36N2O/c1-5-18(3,4)16-7-6-14(11-19)17(10-16)20-9-8-15(12-20)13(2)21/h13-17,21H,5-12,19H2,1-4H3. The highest BCUT2D eigenvalue weighted by Gasteiger charge is 2.41. The smallest absolute Gasteiger partial charge is 0.0552 e. The normalized spacial score (nSPS) is 36.9. The van der Waals surface area contributed by atoms with Gasteiger partial charge in [0.1, 0.15) is 0 Å². The number of aliphatic hydroxyl groups is 1. The minimum atomic E-state index is -0.169. The van der Waals surface area contributed by atoms with Crippen LogP contribution in [0.4, 0.5) is 0 Å². The molecule has 3 nitrogen and oxygen atoms in total. The highest BCUT2D eigenvalue weighted by molar-refractivity contribution is 4.94. The summed E-state index contributed by atoms with van der Waals surface area (Å²) in [6.07, 6.45) is 6.16. The summed E-state index contributed by atoms with van der Waals surface area (Å²) in [6, 6.07) is 0.642. The molecule has 0 amide bonds. The third kappa shape index (κ3) is 3.80. The van der Waals surface area contributed by atoms with Gasteiger partial charge < -0.3 is 10.8 Å². The number of hydrogen-bond donors (Lipinski definition) is 2. The zero-order chi connectivity index (χ0) is 15.6. The maximum absolute atomic E-state index is 9.86. The Hall–Kier alpha value is -0.120. The fourth-order valence-electron chi connectivity index (χ4n) is 4.44. The van der Waals surface area contributed by atoms with E-state index in [0.717, 1.165) is 32.0 Å². The van der Waals surface area contributed by atoms with Gasteiger partial charge in [-0.15, -0.1) is 0 Å². The van der Waals surface area contributed by atoms with Crippen molar-refractivity contribution in [2.24, 2.45) is 28.9 Å². The summed E-state index contributed by atoms with van der Waals surface area (Å²) in [7, 11) is 0. The molecule has 5 atom stereocenters. The van der Waals surface area contributed by atoms with Crippen LogP contribution in [-0.2, 0) is 0 Å². The van der Waals surface area contributed by atoms with Crippen molar-refractivity contribution < 1.29 is 5.11 Å². The van der Waals surface area contributed by atoms with Crippen LogP contribution in [0.25, 0.3) is 0 Å². The summed E-state index contributed by atoms with van der Waals surface area (Å²) < 4.78 is 0. The van der Waals surface area contributed by atoms with Gasteiger partial charge in [-0.05, 0) is 68.9 Å². The van der Waals surface area contributed by atoms with Crippen molar-refractivity contribution in [3.63, 3.8) is 0 Å². The molecule has 0 aromatic rings. The molecule has 1 aliphatic carbocycles. The van der Waals surface area contributed by atoms with Crippen molar-refractivity contribution in [1.29, 1.82) is 0 Å². The molecule has 1 saturated carbocycles. The van der Waals surface area contributed by atoms with E-state index in [-0.39, 0.29) is 6.10 Å². The lowest BCUT2D eigenvalue weighted by molar-refractivity contribution is 0.0421. The lowest BCUT2D eigenvalue weighted by Gasteiger charge is -2.46. The Morgan fingerprint density at radius 2 is 2.00 bits per heavy atom. The Bertz CT molecular complexity index is 329. The van der Waals surface area contributed by atoms with Crippen molar-refractivity contribution in [1.82, 2.24) is 4.90 Å². The Morgan fingerprint density at radius 3 is 2.52 bits per heavy atom. The van der Waals surface area contributed by atoms with Crippen LogP contribution >= 0.6 is 0 Å². The average molecular weight is 296 g/mol. The van der Waals surface area contributed by atoms with Crippen molar-refractivity contribution in [2.45, 2.75) is 71.9 Å². The zero-order valence-electron chi connectivity index (χ0n) is 14.5. The quantitative estimate of drug-likeness (QED) is 0.820. The van der Waals surface area contributed by atoms with E-state index < -0.39 is 0 Å². The minimum absolute atomic E-state index is 0.169. The molecule has 1 saturated heterocycles. The molecule has 0 radical (unpaired) electrons. The van der Waals surface area contributed by atoms with E-state index in [1.807, 2.05) is 6.92 Å². The number of rotatable bonds is 5. The van der Waals surface area contributed by atoms with Crippen LogP contribution in [0, 0.1) is 23.2 Å². The van der Waals surface area contributed by atoms with Crippen LogP contribution in [0.1, 0.15) is 59.8 Å². The number of aliphatic hydroxyl groups excluding tert-OH is 1. The van der Waals surface area contributed by atoms with Gasteiger partial charge in [-0.1, -0.05) is 27.2 Å². The van der Waals surface area contributed by atoms with Gasteiger partial charge in [0.05, 0.1) is 6.10 Å².